The molecule has 0 radical (unpaired) electrons. The number of carbonyl (C=O) groups is 1. The van der Waals surface area contributed by atoms with Gasteiger partial charge in [-0.2, -0.15) is 5.10 Å². The first-order valence-corrected chi connectivity index (χ1v) is 5.69. The molecule has 1 heterocycles. The Kier molecular flexibility index (Phi) is 2.92. The van der Waals surface area contributed by atoms with Gasteiger partial charge in [0.15, 0.2) is 6.29 Å². The van der Waals surface area contributed by atoms with Crippen LogP contribution >= 0.6 is 15.9 Å². The lowest BCUT2D eigenvalue weighted by Crippen LogP contribution is -1.84. The van der Waals surface area contributed by atoms with Crippen LogP contribution in [0.25, 0.3) is 11.3 Å². The van der Waals surface area contributed by atoms with Crippen molar-refractivity contribution in [1.82, 2.24) is 10.2 Å². The van der Waals surface area contributed by atoms with Gasteiger partial charge in [-0.25, -0.2) is 0 Å². The normalized spacial score (nSPS) is 10.4. The molecule has 1 aromatic carbocycles. The van der Waals surface area contributed by atoms with E-state index in [1.165, 1.54) is 11.1 Å². The molecule has 1 N–H and O–H groups in total. The molecule has 4 heteroatoms. The average molecular weight is 279 g/mol. The lowest BCUT2D eigenvalue weighted by atomic mass is 10.1. The Morgan fingerprint density at radius 1 is 1.25 bits per heavy atom. The second kappa shape index (κ2) is 4.22. The molecule has 0 fully saturated rings. The minimum absolute atomic E-state index is 0.467. The number of hydrogen-bond donors (Lipinski definition) is 1. The first-order valence-electron chi connectivity index (χ1n) is 4.89. The molecule has 0 amide bonds. The summed E-state index contributed by atoms with van der Waals surface area (Å²) < 4.78 is 0.715. The van der Waals surface area contributed by atoms with Crippen LogP contribution in [-0.4, -0.2) is 16.5 Å². The number of aldehydes is 1. The number of nitrogens with one attached hydrogen (secondary N) is 1. The van der Waals surface area contributed by atoms with Crippen LogP contribution in [0.15, 0.2) is 22.7 Å². The van der Waals surface area contributed by atoms with Crippen molar-refractivity contribution in [2.45, 2.75) is 13.8 Å². The number of hydrogen-bond acceptors (Lipinski definition) is 2. The fraction of sp³-hybridized carbons (Fsp3) is 0.167. The molecule has 0 saturated heterocycles. The number of aromatic amines is 1. The Bertz CT molecular complexity index is 526. The Morgan fingerprint density at radius 2 is 1.88 bits per heavy atom. The number of H-pyrrole nitrogens is 1. The summed E-state index contributed by atoms with van der Waals surface area (Å²) in [4.78, 5) is 10.7. The number of aromatic nitrogens is 2. The van der Waals surface area contributed by atoms with Gasteiger partial charge in [-0.15, -0.1) is 0 Å². The summed E-state index contributed by atoms with van der Waals surface area (Å²) in [7, 11) is 0. The SMILES string of the molecule is Cc1cc(C)cc(-c2n[nH]c(C=O)c2Br)c1. The van der Waals surface area contributed by atoms with Crippen LogP contribution in [0.4, 0.5) is 0 Å². The fourth-order valence-electron chi connectivity index (χ4n) is 1.72. The summed E-state index contributed by atoms with van der Waals surface area (Å²) in [5.74, 6) is 0. The maximum absolute atomic E-state index is 10.7. The van der Waals surface area contributed by atoms with Gasteiger partial charge in [0.25, 0.3) is 0 Å². The molecule has 0 aliphatic heterocycles. The van der Waals surface area contributed by atoms with E-state index in [1.54, 1.807) is 0 Å². The molecule has 16 heavy (non-hydrogen) atoms. The zero-order chi connectivity index (χ0) is 11.7. The molecule has 1 aromatic heterocycles. The van der Waals surface area contributed by atoms with Gasteiger partial charge in [0.05, 0.1) is 4.47 Å². The molecule has 3 nitrogen and oxygen atoms in total. The smallest absolute Gasteiger partial charge is 0.169 e. The van der Waals surface area contributed by atoms with E-state index < -0.39 is 0 Å². The molecule has 0 aliphatic rings. The molecular weight excluding hydrogens is 268 g/mol. The van der Waals surface area contributed by atoms with Crippen molar-refractivity contribution in [3.05, 3.63) is 39.5 Å². The van der Waals surface area contributed by atoms with Crippen molar-refractivity contribution in [3.63, 3.8) is 0 Å². The van der Waals surface area contributed by atoms with Crippen molar-refractivity contribution >= 4 is 22.2 Å². The summed E-state index contributed by atoms with van der Waals surface area (Å²) in [6.45, 7) is 4.08. The van der Waals surface area contributed by atoms with Crippen molar-refractivity contribution in [3.8, 4) is 11.3 Å². The van der Waals surface area contributed by atoms with Crippen LogP contribution in [0.5, 0.6) is 0 Å². The van der Waals surface area contributed by atoms with Gasteiger partial charge >= 0.3 is 0 Å². The quantitative estimate of drug-likeness (QED) is 0.857. The summed E-state index contributed by atoms with van der Waals surface area (Å²) in [5.41, 5.74) is 4.60. The second-order valence-corrected chi connectivity index (χ2v) is 4.59. The third-order valence-corrected chi connectivity index (χ3v) is 3.15. The third kappa shape index (κ3) is 1.93. The minimum Gasteiger partial charge on any atom is -0.296 e. The van der Waals surface area contributed by atoms with Crippen LogP contribution in [0, 0.1) is 13.8 Å². The molecule has 0 unspecified atom stereocenters. The second-order valence-electron chi connectivity index (χ2n) is 3.79. The predicted molar refractivity (Wildman–Crippen MR) is 66.6 cm³/mol. The highest BCUT2D eigenvalue weighted by molar-refractivity contribution is 9.10. The standard InChI is InChI=1S/C12H11BrN2O/c1-7-3-8(2)5-9(4-7)12-11(13)10(6-16)14-15-12/h3-6H,1-2H3,(H,14,15). The monoisotopic (exact) mass is 278 g/mol. The van der Waals surface area contributed by atoms with Crippen molar-refractivity contribution in [1.29, 1.82) is 0 Å². The highest BCUT2D eigenvalue weighted by Crippen LogP contribution is 2.29. The minimum atomic E-state index is 0.467. The summed E-state index contributed by atoms with van der Waals surface area (Å²) in [6, 6.07) is 6.19. The predicted octanol–water partition coefficient (Wildman–Crippen LogP) is 3.27. The fourth-order valence-corrected chi connectivity index (χ4v) is 2.22. The first-order chi connectivity index (χ1) is 7.61. The zero-order valence-electron chi connectivity index (χ0n) is 9.04. The van der Waals surface area contributed by atoms with Crippen LogP contribution < -0.4 is 0 Å². The molecule has 0 spiro atoms. The van der Waals surface area contributed by atoms with Crippen molar-refractivity contribution < 1.29 is 4.79 Å². The molecule has 82 valence electrons. The van der Waals surface area contributed by atoms with Crippen molar-refractivity contribution in [2.75, 3.05) is 0 Å². The topological polar surface area (TPSA) is 45.8 Å². The third-order valence-electron chi connectivity index (χ3n) is 2.35. The van der Waals surface area contributed by atoms with E-state index in [0.717, 1.165) is 17.5 Å². The summed E-state index contributed by atoms with van der Waals surface area (Å²) in [6.07, 6.45) is 0.753. The summed E-state index contributed by atoms with van der Waals surface area (Å²) in [5, 5.41) is 6.83. The number of halogens is 1. The van der Waals surface area contributed by atoms with Gasteiger partial charge in [0.1, 0.15) is 11.4 Å². The van der Waals surface area contributed by atoms with E-state index in [2.05, 4.69) is 32.2 Å². The zero-order valence-corrected chi connectivity index (χ0v) is 10.6. The molecule has 2 aromatic rings. The Hall–Kier alpha value is -1.42. The van der Waals surface area contributed by atoms with E-state index >= 15 is 0 Å². The Balaban J connectivity index is 2.58. The first kappa shape index (κ1) is 11.1. The van der Waals surface area contributed by atoms with Crippen LogP contribution in [-0.2, 0) is 0 Å². The highest BCUT2D eigenvalue weighted by Gasteiger charge is 2.12. The van der Waals surface area contributed by atoms with E-state index in [0.29, 0.717) is 10.2 Å². The maximum Gasteiger partial charge on any atom is 0.169 e. The lowest BCUT2D eigenvalue weighted by Gasteiger charge is -2.02. The number of benzene rings is 1. The van der Waals surface area contributed by atoms with Gasteiger partial charge in [0, 0.05) is 5.56 Å². The molecule has 0 atom stereocenters. The van der Waals surface area contributed by atoms with Gasteiger partial charge in [-0.3, -0.25) is 9.89 Å². The van der Waals surface area contributed by atoms with Gasteiger partial charge in [-0.05, 0) is 41.9 Å². The molecule has 2 rings (SSSR count). The molecule has 0 saturated carbocycles. The number of carbonyl (C=O) groups excluding carboxylic acids is 1. The number of aryl methyl sites for hydroxylation is 2. The average Bonchev–Trinajstić information content (AvgIpc) is 2.58. The van der Waals surface area contributed by atoms with Gasteiger partial charge in [0.2, 0.25) is 0 Å². The number of rotatable bonds is 2. The van der Waals surface area contributed by atoms with Crippen LogP contribution in [0.1, 0.15) is 21.6 Å². The summed E-state index contributed by atoms with van der Waals surface area (Å²) >= 11 is 3.37. The van der Waals surface area contributed by atoms with E-state index in [1.807, 2.05) is 26.0 Å². The van der Waals surface area contributed by atoms with Crippen LogP contribution in [0.2, 0.25) is 0 Å². The Labute approximate surface area is 102 Å². The molecular formula is C12H11BrN2O. The maximum atomic E-state index is 10.7. The van der Waals surface area contributed by atoms with Crippen LogP contribution in [0.3, 0.4) is 0 Å². The largest absolute Gasteiger partial charge is 0.296 e. The van der Waals surface area contributed by atoms with Gasteiger partial charge < -0.3 is 0 Å². The molecule has 0 bridgehead atoms. The number of nitrogens with zero attached hydrogens (tertiary/aromatic N) is 1. The Morgan fingerprint density at radius 3 is 2.38 bits per heavy atom. The lowest BCUT2D eigenvalue weighted by molar-refractivity contribution is 0.111. The van der Waals surface area contributed by atoms with Gasteiger partial charge in [-0.1, -0.05) is 17.2 Å². The van der Waals surface area contributed by atoms with E-state index in [4.69, 9.17) is 0 Å². The molecule has 0 aliphatic carbocycles. The van der Waals surface area contributed by atoms with Crippen molar-refractivity contribution in [2.24, 2.45) is 0 Å². The highest BCUT2D eigenvalue weighted by atomic mass is 79.9. The van der Waals surface area contributed by atoms with E-state index in [9.17, 15) is 4.79 Å². The van der Waals surface area contributed by atoms with E-state index in [-0.39, 0.29) is 0 Å².